The molecule has 3 aromatic heterocycles. The Morgan fingerprint density at radius 1 is 0.722 bits per heavy atom. The molecule has 0 spiro atoms. The third-order valence-electron chi connectivity index (χ3n) is 9.54. The van der Waals surface area contributed by atoms with E-state index in [2.05, 4.69) is 25.3 Å². The molecule has 2 atom stereocenters. The van der Waals surface area contributed by atoms with Crippen molar-refractivity contribution in [2.24, 2.45) is 0 Å². The molecule has 8 rings (SSSR count). The second-order valence-electron chi connectivity index (χ2n) is 13.3. The monoisotopic (exact) mass is 735 g/mol. The highest BCUT2D eigenvalue weighted by molar-refractivity contribution is 5.96. The highest BCUT2D eigenvalue weighted by Crippen LogP contribution is 2.30. The average Bonchev–Trinajstić information content (AvgIpc) is 3.90. The van der Waals surface area contributed by atoms with E-state index >= 15 is 0 Å². The van der Waals surface area contributed by atoms with E-state index in [4.69, 9.17) is 9.05 Å². The molecule has 0 bridgehead atoms. The van der Waals surface area contributed by atoms with E-state index in [1.54, 1.807) is 41.0 Å². The van der Waals surface area contributed by atoms with Crippen LogP contribution in [0.2, 0.25) is 0 Å². The van der Waals surface area contributed by atoms with E-state index in [1.807, 2.05) is 30.3 Å². The number of pyridine rings is 1. The summed E-state index contributed by atoms with van der Waals surface area (Å²) in [5.74, 6) is -0.134. The molecular formula is C40H36F3N7O4. The molecule has 54 heavy (non-hydrogen) atoms. The SMILES string of the molecule is Cc1cc(F)ccc1C(=O)N1CCC[C@H](c2nc(-c3ccccc3)no2)C1.O=C(c1ccc(F)nc1)N1CCC[C@H](c2nc(-c3ccccc3F)no2)C1. The number of nitrogens with zero attached hydrogens (tertiary/aromatic N) is 7. The lowest BCUT2D eigenvalue weighted by Crippen LogP contribution is -2.39. The van der Waals surface area contributed by atoms with Crippen molar-refractivity contribution in [3.05, 3.63) is 137 Å². The maximum Gasteiger partial charge on any atom is 0.255 e. The number of halogens is 3. The molecular weight excluding hydrogens is 699 g/mol. The van der Waals surface area contributed by atoms with Crippen LogP contribution in [0.5, 0.6) is 0 Å². The van der Waals surface area contributed by atoms with Crippen LogP contribution in [0.25, 0.3) is 22.8 Å². The van der Waals surface area contributed by atoms with Crippen molar-refractivity contribution >= 4 is 11.8 Å². The van der Waals surface area contributed by atoms with E-state index in [-0.39, 0.29) is 40.9 Å². The fourth-order valence-corrected chi connectivity index (χ4v) is 6.71. The van der Waals surface area contributed by atoms with Crippen LogP contribution in [0.1, 0.15) is 75.6 Å². The molecule has 2 saturated heterocycles. The van der Waals surface area contributed by atoms with Crippen LogP contribution in [0.4, 0.5) is 13.2 Å². The largest absolute Gasteiger partial charge is 0.339 e. The van der Waals surface area contributed by atoms with Gasteiger partial charge in [-0.3, -0.25) is 9.59 Å². The Kier molecular flexibility index (Phi) is 10.9. The van der Waals surface area contributed by atoms with E-state index in [0.29, 0.717) is 60.5 Å². The smallest absolute Gasteiger partial charge is 0.255 e. The maximum atomic E-state index is 13.9. The van der Waals surface area contributed by atoms with Gasteiger partial charge < -0.3 is 18.8 Å². The Bertz CT molecular complexity index is 2230. The Morgan fingerprint density at radius 2 is 1.35 bits per heavy atom. The molecule has 0 unspecified atom stereocenters. The number of aryl methyl sites for hydroxylation is 1. The van der Waals surface area contributed by atoms with Crippen molar-refractivity contribution in [1.29, 1.82) is 0 Å². The summed E-state index contributed by atoms with van der Waals surface area (Å²) >= 11 is 0. The number of carbonyl (C=O) groups excluding carboxylic acids is 2. The third kappa shape index (κ3) is 8.22. The predicted octanol–water partition coefficient (Wildman–Crippen LogP) is 7.63. The number of rotatable bonds is 6. The predicted molar refractivity (Wildman–Crippen MR) is 191 cm³/mol. The maximum absolute atomic E-state index is 13.9. The molecule has 0 aliphatic carbocycles. The Labute approximate surface area is 308 Å². The number of carbonyl (C=O) groups is 2. The standard InChI is InChI=1S/C21H20FN3O2.C19H16F2N4O2/c1-14-12-17(22)9-10-18(14)21(26)25-11-5-8-16(13-25)20-23-19(24-27-20)15-6-3-2-4-7-15;20-15-6-2-1-5-14(15)17-23-18(27-24-17)13-4-3-9-25(11-13)19(26)12-7-8-16(21)22-10-12/h2-4,6-7,9-10,12,16H,5,8,11,13H2,1H3;1-2,5-8,10,13H,3-4,9,11H2/t16-;13-/m00/s1. The van der Waals surface area contributed by atoms with Gasteiger partial charge in [-0.15, -0.1) is 0 Å². The number of hydrogen-bond acceptors (Lipinski definition) is 9. The summed E-state index contributed by atoms with van der Waals surface area (Å²) in [6.45, 7) is 3.93. The molecule has 5 heterocycles. The topological polar surface area (TPSA) is 131 Å². The molecule has 11 nitrogen and oxygen atoms in total. The molecule has 2 fully saturated rings. The number of aromatic nitrogens is 5. The van der Waals surface area contributed by atoms with Gasteiger partial charge in [0, 0.05) is 43.5 Å². The molecule has 276 valence electrons. The van der Waals surface area contributed by atoms with Gasteiger partial charge in [0.25, 0.3) is 11.8 Å². The minimum atomic E-state index is -0.630. The highest BCUT2D eigenvalue weighted by Gasteiger charge is 2.31. The summed E-state index contributed by atoms with van der Waals surface area (Å²) in [5, 5.41) is 7.96. The van der Waals surface area contributed by atoms with E-state index in [9.17, 15) is 22.8 Å². The number of piperidine rings is 2. The fourth-order valence-electron chi connectivity index (χ4n) is 6.71. The van der Waals surface area contributed by atoms with E-state index in [1.165, 1.54) is 30.5 Å². The van der Waals surface area contributed by atoms with Crippen molar-refractivity contribution in [2.75, 3.05) is 26.2 Å². The molecule has 3 aromatic carbocycles. The molecule has 0 N–H and O–H groups in total. The summed E-state index contributed by atoms with van der Waals surface area (Å²) in [7, 11) is 0. The van der Waals surface area contributed by atoms with Crippen LogP contribution in [0.15, 0.2) is 100 Å². The molecule has 2 aliphatic rings. The van der Waals surface area contributed by atoms with Crippen molar-refractivity contribution < 1.29 is 31.8 Å². The lowest BCUT2D eigenvalue weighted by atomic mass is 9.96. The fraction of sp³-hybridized carbons (Fsp3) is 0.275. The highest BCUT2D eigenvalue weighted by atomic mass is 19.1. The first-order valence-corrected chi connectivity index (χ1v) is 17.7. The molecule has 2 amide bonds. The Hall–Kier alpha value is -6.18. The van der Waals surface area contributed by atoms with Crippen molar-refractivity contribution in [1.82, 2.24) is 35.1 Å². The number of amides is 2. The third-order valence-corrected chi connectivity index (χ3v) is 9.54. The van der Waals surface area contributed by atoms with Gasteiger partial charge in [-0.2, -0.15) is 14.4 Å². The summed E-state index contributed by atoms with van der Waals surface area (Å²) in [4.78, 5) is 41.3. The van der Waals surface area contributed by atoms with Crippen LogP contribution in [-0.4, -0.2) is 73.1 Å². The number of hydrogen-bond donors (Lipinski definition) is 0. The zero-order valence-electron chi connectivity index (χ0n) is 29.4. The minimum absolute atomic E-state index is 0.00779. The van der Waals surface area contributed by atoms with Gasteiger partial charge in [0.15, 0.2) is 0 Å². The second-order valence-corrected chi connectivity index (χ2v) is 13.3. The molecule has 2 aliphatic heterocycles. The second kappa shape index (κ2) is 16.2. The molecule has 0 radical (unpaired) electrons. The van der Waals surface area contributed by atoms with Gasteiger partial charge in [0.05, 0.1) is 23.0 Å². The van der Waals surface area contributed by atoms with Gasteiger partial charge in [0.2, 0.25) is 29.4 Å². The van der Waals surface area contributed by atoms with E-state index < -0.39 is 11.8 Å². The van der Waals surface area contributed by atoms with E-state index in [0.717, 1.165) is 37.3 Å². The van der Waals surface area contributed by atoms with Gasteiger partial charge in [0.1, 0.15) is 11.6 Å². The summed E-state index contributed by atoms with van der Waals surface area (Å²) in [5.41, 5.74) is 2.68. The van der Waals surface area contributed by atoms with Crippen LogP contribution in [0.3, 0.4) is 0 Å². The van der Waals surface area contributed by atoms with Crippen LogP contribution in [0, 0.1) is 24.5 Å². The van der Waals surface area contributed by atoms with Gasteiger partial charge >= 0.3 is 0 Å². The van der Waals surface area contributed by atoms with Crippen molar-refractivity contribution in [3.8, 4) is 22.8 Å². The summed E-state index contributed by atoms with van der Waals surface area (Å²) in [6, 6.07) is 22.7. The minimum Gasteiger partial charge on any atom is -0.339 e. The number of benzene rings is 3. The first-order chi connectivity index (χ1) is 26.2. The lowest BCUT2D eigenvalue weighted by Gasteiger charge is -2.31. The van der Waals surface area contributed by atoms with Crippen LogP contribution in [-0.2, 0) is 0 Å². The van der Waals surface area contributed by atoms with Crippen molar-refractivity contribution in [2.45, 2.75) is 44.4 Å². The number of likely N-dealkylation sites (tertiary alicyclic amines) is 2. The Morgan fingerprint density at radius 3 is 2.00 bits per heavy atom. The molecule has 14 heteroatoms. The quantitative estimate of drug-likeness (QED) is 0.158. The normalized spacial score (nSPS) is 17.1. The van der Waals surface area contributed by atoms with Crippen LogP contribution >= 0.6 is 0 Å². The average molecular weight is 736 g/mol. The Balaban J connectivity index is 0.000000167. The van der Waals surface area contributed by atoms with Gasteiger partial charge in [-0.1, -0.05) is 52.8 Å². The zero-order valence-corrected chi connectivity index (χ0v) is 29.4. The first-order valence-electron chi connectivity index (χ1n) is 17.7. The lowest BCUT2D eigenvalue weighted by molar-refractivity contribution is 0.0687. The molecule has 6 aromatic rings. The first kappa shape index (κ1) is 36.2. The van der Waals surface area contributed by atoms with Gasteiger partial charge in [-0.25, -0.2) is 13.8 Å². The molecule has 0 saturated carbocycles. The zero-order chi connectivity index (χ0) is 37.6. The summed E-state index contributed by atoms with van der Waals surface area (Å²) in [6.07, 6.45) is 4.53. The van der Waals surface area contributed by atoms with Gasteiger partial charge in [-0.05, 0) is 80.6 Å². The van der Waals surface area contributed by atoms with Crippen molar-refractivity contribution in [3.63, 3.8) is 0 Å². The summed E-state index contributed by atoms with van der Waals surface area (Å²) < 4.78 is 51.0. The van der Waals surface area contributed by atoms with Crippen LogP contribution < -0.4 is 0 Å².